The Hall–Kier alpha value is -2.91. The van der Waals surface area contributed by atoms with Crippen molar-refractivity contribution in [2.45, 2.75) is 0 Å². The van der Waals surface area contributed by atoms with Crippen molar-refractivity contribution in [2.24, 2.45) is 0 Å². The van der Waals surface area contributed by atoms with Crippen molar-refractivity contribution in [1.29, 1.82) is 0 Å². The van der Waals surface area contributed by atoms with E-state index in [0.29, 0.717) is 15.7 Å². The lowest BCUT2D eigenvalue weighted by atomic mass is 10.1. The highest BCUT2D eigenvalue weighted by molar-refractivity contribution is 9.10. The molecule has 29 heavy (non-hydrogen) atoms. The van der Waals surface area contributed by atoms with E-state index >= 15 is 0 Å². The number of hydrogen-bond acceptors (Lipinski definition) is 6. The average molecular weight is 477 g/mol. The molecule has 1 N–H and O–H groups in total. The molecule has 1 aliphatic rings. The Morgan fingerprint density at radius 2 is 1.93 bits per heavy atom. The first-order valence-corrected chi connectivity index (χ1v) is 9.63. The van der Waals surface area contributed by atoms with Crippen LogP contribution in [0.1, 0.15) is 5.56 Å². The number of phenols is 1. The minimum absolute atomic E-state index is 0.0490. The normalized spacial score (nSPS) is 15.2. The number of amides is 1. The van der Waals surface area contributed by atoms with E-state index < -0.39 is 5.97 Å². The van der Waals surface area contributed by atoms with Crippen LogP contribution in [-0.2, 0) is 14.3 Å². The summed E-state index contributed by atoms with van der Waals surface area (Å²) in [4.78, 5) is 27.9. The van der Waals surface area contributed by atoms with Gasteiger partial charge in [0.15, 0.2) is 16.6 Å². The Bertz CT molecular complexity index is 1010. The highest BCUT2D eigenvalue weighted by Gasteiger charge is 2.40. The van der Waals surface area contributed by atoms with Gasteiger partial charge in [0.05, 0.1) is 19.9 Å². The third kappa shape index (κ3) is 4.10. The number of anilines is 1. The largest absolute Gasteiger partial charge is 0.504 e. The van der Waals surface area contributed by atoms with E-state index in [2.05, 4.69) is 15.9 Å². The van der Waals surface area contributed by atoms with Crippen molar-refractivity contribution in [2.75, 3.05) is 25.7 Å². The molecule has 1 aliphatic heterocycles. The van der Waals surface area contributed by atoms with Crippen molar-refractivity contribution in [3.05, 3.63) is 58.2 Å². The molecule has 0 unspecified atom stereocenters. The lowest BCUT2D eigenvalue weighted by Gasteiger charge is -2.19. The summed E-state index contributed by atoms with van der Waals surface area (Å²) in [7, 11) is 2.69. The first-order valence-electron chi connectivity index (χ1n) is 8.43. The number of aromatic hydroxyl groups is 1. The number of esters is 1. The molecule has 0 aromatic heterocycles. The molecule has 150 valence electrons. The summed E-state index contributed by atoms with van der Waals surface area (Å²) in [6.45, 7) is -0.219. The molecule has 9 heteroatoms. The fraction of sp³-hybridized carbons (Fsp3) is 0.150. The van der Waals surface area contributed by atoms with Crippen molar-refractivity contribution >= 4 is 56.9 Å². The van der Waals surface area contributed by atoms with Gasteiger partial charge in [0, 0.05) is 4.47 Å². The number of thiocarbonyl (C=S) groups is 1. The minimum atomic E-state index is -0.539. The second-order valence-corrected chi connectivity index (χ2v) is 7.22. The molecule has 0 saturated carbocycles. The summed E-state index contributed by atoms with van der Waals surface area (Å²) in [5.74, 6) is -0.730. The van der Waals surface area contributed by atoms with Crippen LogP contribution in [0.25, 0.3) is 6.08 Å². The van der Waals surface area contributed by atoms with Gasteiger partial charge < -0.3 is 19.5 Å². The third-order valence-electron chi connectivity index (χ3n) is 4.25. The number of phenolic OH excluding ortho intramolecular Hbond substituents is 1. The number of carbonyl (C=O) groups is 2. The molecule has 2 aromatic rings. The highest BCUT2D eigenvalue weighted by atomic mass is 79.9. The number of hydrogen-bond donors (Lipinski definition) is 1. The Balaban J connectivity index is 2.11. The zero-order valence-electron chi connectivity index (χ0n) is 15.6. The Morgan fingerprint density at radius 1 is 1.24 bits per heavy atom. The molecule has 0 radical (unpaired) electrons. The molecule has 3 rings (SSSR count). The molecule has 7 nitrogen and oxygen atoms in total. The predicted octanol–water partition coefficient (Wildman–Crippen LogP) is 3.31. The molecule has 0 bridgehead atoms. The number of benzene rings is 2. The molecule has 1 amide bonds. The van der Waals surface area contributed by atoms with Gasteiger partial charge in [0.2, 0.25) is 0 Å². The number of carbonyl (C=O) groups excluding carboxylic acids is 2. The molecule has 0 aliphatic carbocycles. The summed E-state index contributed by atoms with van der Waals surface area (Å²) in [5, 5.41) is 10.1. The Morgan fingerprint density at radius 3 is 2.55 bits per heavy atom. The summed E-state index contributed by atoms with van der Waals surface area (Å²) < 4.78 is 10.4. The minimum Gasteiger partial charge on any atom is -0.504 e. The summed E-state index contributed by atoms with van der Waals surface area (Å²) in [6, 6.07) is 12.0. The van der Waals surface area contributed by atoms with Crippen LogP contribution in [0.4, 0.5) is 5.69 Å². The number of nitrogens with zero attached hydrogens (tertiary/aromatic N) is 2. The molecule has 1 fully saturated rings. The van der Waals surface area contributed by atoms with E-state index in [0.717, 1.165) is 0 Å². The maximum absolute atomic E-state index is 13.2. The summed E-state index contributed by atoms with van der Waals surface area (Å²) in [5.41, 5.74) is 1.34. The van der Waals surface area contributed by atoms with E-state index in [1.165, 1.54) is 30.1 Å². The number of rotatable bonds is 5. The first kappa shape index (κ1) is 20.8. The molecule has 2 aromatic carbocycles. The standard InChI is InChI=1S/C20H17BrN2O5S/c1-27-17-9-12(14(21)10-16(17)24)8-15-19(26)23(13-6-4-3-5-7-13)20(29)22(15)11-18(25)28-2/h3-10,24H,11H2,1-2H3/b15-8-. The molecule has 0 atom stereocenters. The average Bonchev–Trinajstić information content (AvgIpc) is 2.94. The van der Waals surface area contributed by atoms with Crippen LogP contribution in [0.15, 0.2) is 52.6 Å². The SMILES string of the molecule is COC(=O)CN1C(=S)N(c2ccccc2)C(=O)/C1=C/c1cc(OC)c(O)cc1Br. The van der Waals surface area contributed by atoms with Gasteiger partial charge in [0.1, 0.15) is 12.2 Å². The second kappa shape index (κ2) is 8.62. The van der Waals surface area contributed by atoms with Crippen molar-refractivity contribution < 1.29 is 24.2 Å². The smallest absolute Gasteiger partial charge is 0.325 e. The third-order valence-corrected chi connectivity index (χ3v) is 5.34. The Labute approximate surface area is 181 Å². The molecule has 1 heterocycles. The first-order chi connectivity index (χ1) is 13.9. The van der Waals surface area contributed by atoms with E-state index in [9.17, 15) is 14.7 Å². The quantitative estimate of drug-likeness (QED) is 0.402. The fourth-order valence-corrected chi connectivity index (χ4v) is 3.61. The second-order valence-electron chi connectivity index (χ2n) is 6.00. The van der Waals surface area contributed by atoms with Gasteiger partial charge in [-0.2, -0.15) is 0 Å². The lowest BCUT2D eigenvalue weighted by Crippen LogP contribution is -2.35. The monoisotopic (exact) mass is 476 g/mol. The predicted molar refractivity (Wildman–Crippen MR) is 116 cm³/mol. The highest BCUT2D eigenvalue weighted by Crippen LogP contribution is 2.35. The molecular weight excluding hydrogens is 460 g/mol. The van der Waals surface area contributed by atoms with Gasteiger partial charge in [-0.15, -0.1) is 0 Å². The van der Waals surface area contributed by atoms with Gasteiger partial charge in [-0.25, -0.2) is 0 Å². The van der Waals surface area contributed by atoms with Gasteiger partial charge in [0.25, 0.3) is 5.91 Å². The lowest BCUT2D eigenvalue weighted by molar-refractivity contribution is -0.140. The van der Waals surface area contributed by atoms with Gasteiger partial charge in [-0.3, -0.25) is 14.5 Å². The maximum Gasteiger partial charge on any atom is 0.325 e. The van der Waals surface area contributed by atoms with Crippen LogP contribution < -0.4 is 9.64 Å². The number of ether oxygens (including phenoxy) is 2. The van der Waals surface area contributed by atoms with Crippen LogP contribution in [0, 0.1) is 0 Å². The zero-order valence-corrected chi connectivity index (χ0v) is 18.0. The van der Waals surface area contributed by atoms with E-state index in [1.54, 1.807) is 36.4 Å². The molecular formula is C20H17BrN2O5S. The van der Waals surface area contributed by atoms with Crippen LogP contribution in [-0.4, -0.2) is 47.8 Å². The van der Waals surface area contributed by atoms with Gasteiger partial charge in [-0.05, 0) is 48.1 Å². The van der Waals surface area contributed by atoms with Crippen LogP contribution >= 0.6 is 28.1 Å². The fourth-order valence-electron chi connectivity index (χ4n) is 2.81. The van der Waals surface area contributed by atoms with E-state index in [-0.39, 0.29) is 34.8 Å². The van der Waals surface area contributed by atoms with Crippen LogP contribution in [0.3, 0.4) is 0 Å². The topological polar surface area (TPSA) is 79.3 Å². The van der Waals surface area contributed by atoms with Crippen molar-refractivity contribution in [3.63, 3.8) is 0 Å². The number of methoxy groups -OCH3 is 2. The number of para-hydroxylation sites is 1. The van der Waals surface area contributed by atoms with Crippen LogP contribution in [0.5, 0.6) is 11.5 Å². The van der Waals surface area contributed by atoms with Crippen molar-refractivity contribution in [1.82, 2.24) is 4.90 Å². The van der Waals surface area contributed by atoms with Crippen molar-refractivity contribution in [3.8, 4) is 11.5 Å². The molecule has 1 saturated heterocycles. The zero-order chi connectivity index (χ0) is 21.1. The summed E-state index contributed by atoms with van der Waals surface area (Å²) >= 11 is 8.86. The maximum atomic E-state index is 13.2. The van der Waals surface area contributed by atoms with Crippen LogP contribution in [0.2, 0.25) is 0 Å². The number of halogens is 1. The van der Waals surface area contributed by atoms with E-state index in [1.807, 2.05) is 6.07 Å². The van der Waals surface area contributed by atoms with Gasteiger partial charge in [-0.1, -0.05) is 34.1 Å². The van der Waals surface area contributed by atoms with Gasteiger partial charge >= 0.3 is 5.97 Å². The summed E-state index contributed by atoms with van der Waals surface area (Å²) in [6.07, 6.45) is 1.58. The van der Waals surface area contributed by atoms with E-state index in [4.69, 9.17) is 21.7 Å². The molecule has 0 spiro atoms. The Kier molecular flexibility index (Phi) is 6.19.